The maximum atomic E-state index is 13.8. The SMILES string of the molecule is C[C@@H](F)c1nc(N)nc(N[C@@H](CCc2ccccc2F)C2CCC2)n1. The number of alkyl halides is 1. The number of benzene rings is 1. The molecule has 1 aromatic heterocycles. The molecule has 1 heterocycles. The third-order valence-electron chi connectivity index (χ3n) is 4.74. The van der Waals surface area contributed by atoms with Crippen molar-refractivity contribution >= 4 is 11.9 Å². The van der Waals surface area contributed by atoms with E-state index >= 15 is 0 Å². The van der Waals surface area contributed by atoms with Crippen LogP contribution in [0.25, 0.3) is 0 Å². The molecule has 0 unspecified atom stereocenters. The average Bonchev–Trinajstić information content (AvgIpc) is 2.51. The molecule has 3 N–H and O–H groups in total. The lowest BCUT2D eigenvalue weighted by Gasteiger charge is -2.34. The van der Waals surface area contributed by atoms with Gasteiger partial charge in [0.05, 0.1) is 0 Å². The fraction of sp³-hybridized carbons (Fsp3) is 0.500. The first-order valence-corrected chi connectivity index (χ1v) is 8.68. The lowest BCUT2D eigenvalue weighted by Crippen LogP contribution is -2.35. The smallest absolute Gasteiger partial charge is 0.228 e. The van der Waals surface area contributed by atoms with E-state index in [1.807, 2.05) is 6.07 Å². The van der Waals surface area contributed by atoms with E-state index in [1.54, 1.807) is 12.1 Å². The highest BCUT2D eigenvalue weighted by Crippen LogP contribution is 2.33. The van der Waals surface area contributed by atoms with Gasteiger partial charge in [-0.2, -0.15) is 15.0 Å². The number of nitrogen functional groups attached to an aromatic ring is 1. The Bertz CT molecular complexity index is 718. The van der Waals surface area contributed by atoms with Gasteiger partial charge >= 0.3 is 0 Å². The fourth-order valence-corrected chi connectivity index (χ4v) is 3.10. The summed E-state index contributed by atoms with van der Waals surface area (Å²) in [5.74, 6) is 0.608. The van der Waals surface area contributed by atoms with Gasteiger partial charge in [-0.05, 0) is 50.2 Å². The molecule has 0 saturated heterocycles. The summed E-state index contributed by atoms with van der Waals surface area (Å²) in [6, 6.07) is 6.90. The normalized spacial score (nSPS) is 16.9. The topological polar surface area (TPSA) is 76.7 Å². The van der Waals surface area contributed by atoms with Crippen LogP contribution in [0.15, 0.2) is 24.3 Å². The van der Waals surface area contributed by atoms with E-state index in [0.29, 0.717) is 17.9 Å². The van der Waals surface area contributed by atoms with Crippen LogP contribution in [0.4, 0.5) is 20.7 Å². The van der Waals surface area contributed by atoms with Crippen LogP contribution in [-0.4, -0.2) is 21.0 Å². The summed E-state index contributed by atoms with van der Waals surface area (Å²) in [7, 11) is 0. The lowest BCUT2D eigenvalue weighted by atomic mass is 9.78. The van der Waals surface area contributed by atoms with Gasteiger partial charge < -0.3 is 11.1 Å². The predicted molar refractivity (Wildman–Crippen MR) is 93.2 cm³/mol. The number of aryl methyl sites for hydroxylation is 1. The second-order valence-corrected chi connectivity index (χ2v) is 6.56. The van der Waals surface area contributed by atoms with Crippen molar-refractivity contribution in [1.29, 1.82) is 0 Å². The number of nitrogens with zero attached hydrogens (tertiary/aromatic N) is 3. The molecule has 0 spiro atoms. The van der Waals surface area contributed by atoms with Crippen molar-refractivity contribution in [1.82, 2.24) is 15.0 Å². The zero-order valence-electron chi connectivity index (χ0n) is 14.3. The van der Waals surface area contributed by atoms with Crippen LogP contribution in [0.3, 0.4) is 0 Å². The molecular formula is C18H23F2N5. The van der Waals surface area contributed by atoms with Gasteiger partial charge in [0, 0.05) is 6.04 Å². The van der Waals surface area contributed by atoms with Crippen molar-refractivity contribution in [2.45, 2.75) is 51.2 Å². The zero-order valence-corrected chi connectivity index (χ0v) is 14.3. The molecule has 134 valence electrons. The highest BCUT2D eigenvalue weighted by Gasteiger charge is 2.28. The van der Waals surface area contributed by atoms with Crippen molar-refractivity contribution in [3.05, 3.63) is 41.5 Å². The molecule has 1 aliphatic carbocycles. The van der Waals surface area contributed by atoms with Gasteiger partial charge in [0.1, 0.15) is 5.82 Å². The summed E-state index contributed by atoms with van der Waals surface area (Å²) in [5, 5.41) is 3.28. The number of aromatic nitrogens is 3. The van der Waals surface area contributed by atoms with Crippen molar-refractivity contribution in [3.8, 4) is 0 Å². The Labute approximate surface area is 146 Å². The third-order valence-corrected chi connectivity index (χ3v) is 4.74. The first kappa shape index (κ1) is 17.5. The van der Waals surface area contributed by atoms with Gasteiger partial charge in [0.15, 0.2) is 12.0 Å². The molecule has 0 bridgehead atoms. The number of nitrogens with one attached hydrogen (secondary N) is 1. The van der Waals surface area contributed by atoms with E-state index in [2.05, 4.69) is 20.3 Å². The van der Waals surface area contributed by atoms with Crippen molar-refractivity contribution in [2.75, 3.05) is 11.1 Å². The summed E-state index contributed by atoms with van der Waals surface area (Å²) in [6.07, 6.45) is 3.47. The van der Waals surface area contributed by atoms with E-state index < -0.39 is 6.17 Å². The number of hydrogen-bond acceptors (Lipinski definition) is 5. The molecule has 5 nitrogen and oxygen atoms in total. The molecule has 0 radical (unpaired) electrons. The number of rotatable bonds is 7. The van der Waals surface area contributed by atoms with Gasteiger partial charge in [-0.15, -0.1) is 0 Å². The van der Waals surface area contributed by atoms with Crippen LogP contribution in [0, 0.1) is 11.7 Å². The second kappa shape index (κ2) is 7.72. The Morgan fingerprint density at radius 2 is 2.00 bits per heavy atom. The van der Waals surface area contributed by atoms with E-state index in [9.17, 15) is 8.78 Å². The fourth-order valence-electron chi connectivity index (χ4n) is 3.10. The molecule has 1 fully saturated rings. The minimum Gasteiger partial charge on any atom is -0.368 e. The largest absolute Gasteiger partial charge is 0.368 e. The molecule has 1 aliphatic rings. The molecule has 0 aliphatic heterocycles. The first-order valence-electron chi connectivity index (χ1n) is 8.68. The Morgan fingerprint density at radius 3 is 2.64 bits per heavy atom. The maximum absolute atomic E-state index is 13.8. The van der Waals surface area contributed by atoms with E-state index in [0.717, 1.165) is 19.3 Å². The minimum absolute atomic E-state index is 0.00142. The third kappa shape index (κ3) is 4.41. The van der Waals surface area contributed by atoms with E-state index in [4.69, 9.17) is 5.73 Å². The molecule has 3 rings (SSSR count). The van der Waals surface area contributed by atoms with Gasteiger partial charge in [-0.3, -0.25) is 0 Å². The molecule has 2 atom stereocenters. The van der Waals surface area contributed by atoms with Crippen LogP contribution in [0.5, 0.6) is 0 Å². The number of hydrogen-bond donors (Lipinski definition) is 2. The number of anilines is 2. The summed E-state index contributed by atoms with van der Waals surface area (Å²) in [5.41, 5.74) is 6.36. The summed E-state index contributed by atoms with van der Waals surface area (Å²) < 4.78 is 27.4. The highest BCUT2D eigenvalue weighted by molar-refractivity contribution is 5.33. The average molecular weight is 347 g/mol. The molecule has 1 aromatic carbocycles. The Morgan fingerprint density at radius 1 is 1.24 bits per heavy atom. The van der Waals surface area contributed by atoms with Crippen molar-refractivity contribution < 1.29 is 8.78 Å². The van der Waals surface area contributed by atoms with Crippen LogP contribution < -0.4 is 11.1 Å². The van der Waals surface area contributed by atoms with Gasteiger partial charge in [-0.25, -0.2) is 8.78 Å². The molecule has 7 heteroatoms. The highest BCUT2D eigenvalue weighted by atomic mass is 19.1. The number of nitrogens with two attached hydrogens (primary N) is 1. The summed E-state index contributed by atoms with van der Waals surface area (Å²) in [4.78, 5) is 12.0. The van der Waals surface area contributed by atoms with Crippen LogP contribution in [0.2, 0.25) is 0 Å². The van der Waals surface area contributed by atoms with Gasteiger partial charge in [0.25, 0.3) is 0 Å². The van der Waals surface area contributed by atoms with Crippen LogP contribution in [-0.2, 0) is 6.42 Å². The Kier molecular flexibility index (Phi) is 5.40. The monoisotopic (exact) mass is 347 g/mol. The molecule has 2 aromatic rings. The van der Waals surface area contributed by atoms with Gasteiger partial charge in [-0.1, -0.05) is 24.6 Å². The van der Waals surface area contributed by atoms with Crippen LogP contribution >= 0.6 is 0 Å². The molecule has 1 saturated carbocycles. The Hall–Kier alpha value is -2.31. The van der Waals surface area contributed by atoms with E-state index in [-0.39, 0.29) is 29.6 Å². The number of halogens is 2. The minimum atomic E-state index is -1.31. The van der Waals surface area contributed by atoms with Gasteiger partial charge in [0.2, 0.25) is 11.9 Å². The van der Waals surface area contributed by atoms with Crippen LogP contribution in [0.1, 0.15) is 50.2 Å². The summed E-state index contributed by atoms with van der Waals surface area (Å²) >= 11 is 0. The lowest BCUT2D eigenvalue weighted by molar-refractivity contribution is 0.265. The quantitative estimate of drug-likeness (QED) is 0.796. The van der Waals surface area contributed by atoms with Crippen molar-refractivity contribution in [3.63, 3.8) is 0 Å². The van der Waals surface area contributed by atoms with Crippen molar-refractivity contribution in [2.24, 2.45) is 5.92 Å². The second-order valence-electron chi connectivity index (χ2n) is 6.56. The molecule has 25 heavy (non-hydrogen) atoms. The molecular weight excluding hydrogens is 324 g/mol. The predicted octanol–water partition coefficient (Wildman–Crippen LogP) is 3.84. The standard InChI is InChI=1S/C18H23F2N5/c1-11(19)16-23-17(21)25-18(24-16)22-15(13-6-4-7-13)10-9-12-5-2-3-8-14(12)20/h2-3,5,8,11,13,15H,4,6-7,9-10H2,1H3,(H3,21,22,23,24,25)/t11-,15+/m1/s1. The van der Waals surface area contributed by atoms with E-state index in [1.165, 1.54) is 19.4 Å². The summed E-state index contributed by atoms with van der Waals surface area (Å²) in [6.45, 7) is 1.36. The Balaban J connectivity index is 1.72. The maximum Gasteiger partial charge on any atom is 0.228 e. The molecule has 0 amide bonds. The first-order chi connectivity index (χ1) is 12.0. The zero-order chi connectivity index (χ0) is 17.8.